The molecule has 126 valence electrons. The first-order valence-electron chi connectivity index (χ1n) is 7.89. The number of esters is 1. The Labute approximate surface area is 144 Å². The third-order valence-corrected chi connectivity index (χ3v) is 4.78. The van der Waals surface area contributed by atoms with Gasteiger partial charge in [0.2, 0.25) is 0 Å². The summed E-state index contributed by atoms with van der Waals surface area (Å²) in [5.74, 6) is -1.03. The van der Waals surface area contributed by atoms with Gasteiger partial charge in [0.05, 0.1) is 4.47 Å². The predicted molar refractivity (Wildman–Crippen MR) is 90.5 cm³/mol. The molecule has 2 rings (SSSR count). The van der Waals surface area contributed by atoms with E-state index in [1.165, 1.54) is 0 Å². The lowest BCUT2D eigenvalue weighted by Gasteiger charge is -2.35. The van der Waals surface area contributed by atoms with Crippen LogP contribution in [0.25, 0.3) is 0 Å². The number of piperidine rings is 1. The molecule has 1 N–H and O–H groups in total. The van der Waals surface area contributed by atoms with E-state index in [0.717, 1.165) is 37.8 Å². The molecule has 0 aliphatic carbocycles. The Bertz CT molecular complexity index is 603. The highest BCUT2D eigenvalue weighted by atomic mass is 79.9. The maximum absolute atomic E-state index is 12.3. The number of aryl methyl sites for hydroxylation is 1. The second kappa shape index (κ2) is 7.81. The summed E-state index contributed by atoms with van der Waals surface area (Å²) in [5, 5.41) is 9.94. The number of aromatic hydroxyl groups is 1. The topological polar surface area (TPSA) is 66.8 Å². The number of phenols is 1. The monoisotopic (exact) mass is 383 g/mol. The third-order valence-electron chi connectivity index (χ3n) is 4.17. The lowest BCUT2D eigenvalue weighted by Crippen LogP contribution is -2.45. The third kappa shape index (κ3) is 4.25. The van der Waals surface area contributed by atoms with Gasteiger partial charge in [-0.3, -0.25) is 4.79 Å². The molecule has 0 aromatic heterocycles. The van der Waals surface area contributed by atoms with Crippen molar-refractivity contribution in [3.05, 3.63) is 27.7 Å². The summed E-state index contributed by atoms with van der Waals surface area (Å²) < 4.78 is 5.54. The van der Waals surface area contributed by atoms with Crippen LogP contribution in [0.1, 0.15) is 48.5 Å². The van der Waals surface area contributed by atoms with E-state index in [4.69, 9.17) is 4.74 Å². The number of hydrogen-bond acceptors (Lipinski definition) is 4. The molecule has 0 bridgehead atoms. The number of likely N-dealkylation sites (tertiary alicyclic amines) is 1. The molecular formula is C17H22BrNO4. The maximum atomic E-state index is 12.3. The quantitative estimate of drug-likeness (QED) is 0.808. The lowest BCUT2D eigenvalue weighted by molar-refractivity contribution is -0.138. The van der Waals surface area contributed by atoms with Crippen LogP contribution in [-0.2, 0) is 9.53 Å². The number of hydrogen-bond donors (Lipinski definition) is 1. The number of phenolic OH excluding ortho intramolecular Hbond substituents is 1. The van der Waals surface area contributed by atoms with Crippen molar-refractivity contribution in [2.75, 3.05) is 13.2 Å². The number of halogens is 1. The Morgan fingerprint density at radius 3 is 2.83 bits per heavy atom. The summed E-state index contributed by atoms with van der Waals surface area (Å²) in [7, 11) is 0. The summed E-state index contributed by atoms with van der Waals surface area (Å²) in [5.41, 5.74) is 0.880. The van der Waals surface area contributed by atoms with Crippen molar-refractivity contribution in [3.63, 3.8) is 0 Å². The minimum atomic E-state index is -0.690. The average Bonchev–Trinajstić information content (AvgIpc) is 2.55. The first-order chi connectivity index (χ1) is 10.9. The molecule has 5 nitrogen and oxygen atoms in total. The van der Waals surface area contributed by atoms with Crippen molar-refractivity contribution >= 4 is 27.8 Å². The molecule has 1 heterocycles. The molecule has 0 saturated carbocycles. The molecule has 6 heteroatoms. The highest BCUT2D eigenvalue weighted by Gasteiger charge is 2.26. The first-order valence-corrected chi connectivity index (χ1v) is 8.69. The average molecular weight is 384 g/mol. The molecule has 0 radical (unpaired) electrons. The highest BCUT2D eigenvalue weighted by Crippen LogP contribution is 2.30. The van der Waals surface area contributed by atoms with Gasteiger partial charge in [0.1, 0.15) is 11.3 Å². The van der Waals surface area contributed by atoms with Crippen molar-refractivity contribution in [1.29, 1.82) is 0 Å². The van der Waals surface area contributed by atoms with Gasteiger partial charge in [-0.25, -0.2) is 4.79 Å². The standard InChI is InChI=1S/C17H22BrNO4/c1-3-12-6-4-5-7-19(12)15(20)10-23-17(22)13-8-11(2)9-14(18)16(13)21/h8-9,12,21H,3-7,10H2,1-2H3. The smallest absolute Gasteiger partial charge is 0.342 e. The Morgan fingerprint density at radius 1 is 1.39 bits per heavy atom. The molecule has 1 fully saturated rings. The van der Waals surface area contributed by atoms with Crippen molar-refractivity contribution in [2.24, 2.45) is 0 Å². The molecule has 1 aromatic rings. The van der Waals surface area contributed by atoms with E-state index >= 15 is 0 Å². The predicted octanol–water partition coefficient (Wildman–Crippen LogP) is 3.41. The van der Waals surface area contributed by atoms with Gasteiger partial charge in [0, 0.05) is 12.6 Å². The number of ether oxygens (including phenoxy) is 1. The van der Waals surface area contributed by atoms with Gasteiger partial charge in [-0.05, 0) is 66.2 Å². The van der Waals surface area contributed by atoms with Crippen LogP contribution >= 0.6 is 15.9 Å². The largest absolute Gasteiger partial charge is 0.506 e. The molecule has 1 atom stereocenters. The van der Waals surface area contributed by atoms with E-state index in [-0.39, 0.29) is 29.9 Å². The van der Waals surface area contributed by atoms with Gasteiger partial charge in [-0.2, -0.15) is 0 Å². The second-order valence-electron chi connectivity index (χ2n) is 5.86. The van der Waals surface area contributed by atoms with E-state index in [9.17, 15) is 14.7 Å². The Hall–Kier alpha value is -1.56. The molecule has 1 aliphatic rings. The van der Waals surface area contributed by atoms with Crippen LogP contribution in [0.5, 0.6) is 5.75 Å². The van der Waals surface area contributed by atoms with Crippen LogP contribution < -0.4 is 0 Å². The molecule has 1 saturated heterocycles. The molecule has 1 unspecified atom stereocenters. The molecular weight excluding hydrogens is 362 g/mol. The fraction of sp³-hybridized carbons (Fsp3) is 0.529. The Balaban J connectivity index is 2.00. The number of carbonyl (C=O) groups excluding carboxylic acids is 2. The van der Waals surface area contributed by atoms with Crippen LogP contribution in [0.2, 0.25) is 0 Å². The summed E-state index contributed by atoms with van der Waals surface area (Å²) in [6.07, 6.45) is 4.03. The Morgan fingerprint density at radius 2 is 2.13 bits per heavy atom. The number of nitrogens with zero attached hydrogens (tertiary/aromatic N) is 1. The molecule has 23 heavy (non-hydrogen) atoms. The highest BCUT2D eigenvalue weighted by molar-refractivity contribution is 9.10. The number of carbonyl (C=O) groups is 2. The molecule has 1 aromatic carbocycles. The van der Waals surface area contributed by atoms with E-state index in [1.807, 2.05) is 11.8 Å². The van der Waals surface area contributed by atoms with E-state index < -0.39 is 5.97 Å². The number of rotatable bonds is 4. The van der Waals surface area contributed by atoms with Gasteiger partial charge in [0.15, 0.2) is 6.61 Å². The van der Waals surface area contributed by atoms with Gasteiger partial charge in [-0.1, -0.05) is 6.92 Å². The summed E-state index contributed by atoms with van der Waals surface area (Å²) >= 11 is 3.19. The van der Waals surface area contributed by atoms with Gasteiger partial charge in [0.25, 0.3) is 5.91 Å². The molecule has 1 aliphatic heterocycles. The van der Waals surface area contributed by atoms with Crippen molar-refractivity contribution < 1.29 is 19.4 Å². The second-order valence-corrected chi connectivity index (χ2v) is 6.72. The van der Waals surface area contributed by atoms with E-state index in [2.05, 4.69) is 22.9 Å². The van der Waals surface area contributed by atoms with Gasteiger partial charge < -0.3 is 14.7 Å². The van der Waals surface area contributed by atoms with Crippen LogP contribution in [0, 0.1) is 6.92 Å². The fourth-order valence-corrected chi connectivity index (χ4v) is 3.51. The summed E-state index contributed by atoms with van der Waals surface area (Å²) in [4.78, 5) is 26.2. The van der Waals surface area contributed by atoms with E-state index in [0.29, 0.717) is 4.47 Å². The van der Waals surface area contributed by atoms with Crippen LogP contribution in [0.15, 0.2) is 16.6 Å². The zero-order valence-electron chi connectivity index (χ0n) is 13.5. The molecule has 0 spiro atoms. The summed E-state index contributed by atoms with van der Waals surface area (Å²) in [6, 6.07) is 3.48. The maximum Gasteiger partial charge on any atom is 0.342 e. The van der Waals surface area contributed by atoms with E-state index in [1.54, 1.807) is 12.1 Å². The van der Waals surface area contributed by atoms with Crippen LogP contribution in [-0.4, -0.2) is 41.1 Å². The number of benzene rings is 1. The van der Waals surface area contributed by atoms with Crippen LogP contribution in [0.3, 0.4) is 0 Å². The minimum Gasteiger partial charge on any atom is -0.506 e. The zero-order valence-corrected chi connectivity index (χ0v) is 15.1. The van der Waals surface area contributed by atoms with Gasteiger partial charge in [-0.15, -0.1) is 0 Å². The SMILES string of the molecule is CCC1CCCCN1C(=O)COC(=O)c1cc(C)cc(Br)c1O. The van der Waals surface area contributed by atoms with Gasteiger partial charge >= 0.3 is 5.97 Å². The minimum absolute atomic E-state index is 0.0651. The fourth-order valence-electron chi connectivity index (χ4n) is 2.93. The van der Waals surface area contributed by atoms with Crippen LogP contribution in [0.4, 0.5) is 0 Å². The Kier molecular flexibility index (Phi) is 6.04. The zero-order chi connectivity index (χ0) is 17.0. The normalized spacial score (nSPS) is 17.9. The van der Waals surface area contributed by atoms with Crippen molar-refractivity contribution in [3.8, 4) is 5.75 Å². The first kappa shape index (κ1) is 17.8. The summed E-state index contributed by atoms with van der Waals surface area (Å²) in [6.45, 7) is 4.30. The lowest BCUT2D eigenvalue weighted by atomic mass is 10.00. The molecule has 1 amide bonds. The van der Waals surface area contributed by atoms with Crippen molar-refractivity contribution in [1.82, 2.24) is 4.90 Å². The number of amides is 1. The van der Waals surface area contributed by atoms with Crippen molar-refractivity contribution in [2.45, 2.75) is 45.6 Å².